The second kappa shape index (κ2) is 13.3. The standard InChI is InChI=1S/C27H29BrN4O6S/c1-3-15-29-27(34)20(2)30(18-21-9-7-10-22(28)16-21)26(33)19-31(23-11-8-12-24(17-23)32(35)36)39(37,38)25-13-5-4-6-14-25/h4-14,16-17,20H,3,15,18-19H2,1-2H3,(H,29,34). The summed E-state index contributed by atoms with van der Waals surface area (Å²) < 4.78 is 29.1. The molecule has 0 saturated heterocycles. The number of sulfonamides is 1. The third kappa shape index (κ3) is 7.64. The molecule has 0 aromatic heterocycles. The molecule has 1 unspecified atom stereocenters. The number of nitro benzene ring substituents is 1. The van der Waals surface area contributed by atoms with Gasteiger partial charge in [0.15, 0.2) is 0 Å². The molecule has 0 radical (unpaired) electrons. The topological polar surface area (TPSA) is 130 Å². The van der Waals surface area contributed by atoms with Crippen LogP contribution < -0.4 is 9.62 Å². The number of anilines is 1. The van der Waals surface area contributed by atoms with Crippen molar-refractivity contribution in [3.8, 4) is 0 Å². The van der Waals surface area contributed by atoms with E-state index in [2.05, 4.69) is 21.2 Å². The van der Waals surface area contributed by atoms with Crippen molar-refractivity contribution < 1.29 is 22.9 Å². The molecule has 206 valence electrons. The highest BCUT2D eigenvalue weighted by atomic mass is 79.9. The van der Waals surface area contributed by atoms with Crippen molar-refractivity contribution in [2.24, 2.45) is 0 Å². The Bertz CT molecular complexity index is 1430. The van der Waals surface area contributed by atoms with Gasteiger partial charge in [-0.05, 0) is 49.2 Å². The minimum atomic E-state index is -4.31. The quantitative estimate of drug-likeness (QED) is 0.236. The maximum absolute atomic E-state index is 13.8. The number of hydrogen-bond acceptors (Lipinski definition) is 6. The Balaban J connectivity index is 2.05. The zero-order valence-corrected chi connectivity index (χ0v) is 23.9. The Hall–Kier alpha value is -3.77. The van der Waals surface area contributed by atoms with E-state index in [1.165, 1.54) is 35.2 Å². The van der Waals surface area contributed by atoms with Crippen LogP contribution in [0.3, 0.4) is 0 Å². The fraction of sp³-hybridized carbons (Fsp3) is 0.259. The van der Waals surface area contributed by atoms with Crippen molar-refractivity contribution in [2.75, 3.05) is 17.4 Å². The van der Waals surface area contributed by atoms with Crippen LogP contribution in [0.25, 0.3) is 0 Å². The van der Waals surface area contributed by atoms with Crippen LogP contribution in [0, 0.1) is 10.1 Å². The molecule has 39 heavy (non-hydrogen) atoms. The largest absolute Gasteiger partial charge is 0.354 e. The lowest BCUT2D eigenvalue weighted by molar-refractivity contribution is -0.384. The second-order valence-electron chi connectivity index (χ2n) is 8.72. The molecule has 0 saturated carbocycles. The molecule has 0 bridgehead atoms. The Morgan fingerprint density at radius 2 is 1.72 bits per heavy atom. The van der Waals surface area contributed by atoms with Crippen molar-refractivity contribution >= 4 is 49.1 Å². The van der Waals surface area contributed by atoms with Gasteiger partial charge in [0.2, 0.25) is 11.8 Å². The Morgan fingerprint density at radius 3 is 2.36 bits per heavy atom. The van der Waals surface area contributed by atoms with E-state index in [-0.39, 0.29) is 28.7 Å². The number of amides is 2. The summed E-state index contributed by atoms with van der Waals surface area (Å²) in [5.41, 5.74) is 0.346. The zero-order valence-electron chi connectivity index (χ0n) is 21.5. The van der Waals surface area contributed by atoms with E-state index in [0.29, 0.717) is 13.0 Å². The molecule has 0 aliphatic heterocycles. The lowest BCUT2D eigenvalue weighted by Gasteiger charge is -2.32. The van der Waals surface area contributed by atoms with Gasteiger partial charge < -0.3 is 10.2 Å². The van der Waals surface area contributed by atoms with Crippen molar-refractivity contribution in [3.63, 3.8) is 0 Å². The number of carbonyl (C=O) groups is 2. The highest BCUT2D eigenvalue weighted by molar-refractivity contribution is 9.10. The van der Waals surface area contributed by atoms with Crippen LogP contribution in [-0.2, 0) is 26.2 Å². The van der Waals surface area contributed by atoms with E-state index in [9.17, 15) is 28.1 Å². The highest BCUT2D eigenvalue weighted by Crippen LogP contribution is 2.27. The number of hydrogen-bond donors (Lipinski definition) is 1. The van der Waals surface area contributed by atoms with E-state index in [1.807, 2.05) is 13.0 Å². The summed E-state index contributed by atoms with van der Waals surface area (Å²) in [5.74, 6) is -1.03. The lowest BCUT2D eigenvalue weighted by Crippen LogP contribution is -2.51. The van der Waals surface area contributed by atoms with E-state index >= 15 is 0 Å². The lowest BCUT2D eigenvalue weighted by atomic mass is 10.1. The molecule has 0 fully saturated rings. The molecule has 3 rings (SSSR count). The van der Waals surface area contributed by atoms with Crippen LogP contribution >= 0.6 is 15.9 Å². The van der Waals surface area contributed by atoms with Gasteiger partial charge in [-0.3, -0.25) is 24.0 Å². The minimum absolute atomic E-state index is 0.0349. The summed E-state index contributed by atoms with van der Waals surface area (Å²) in [6.07, 6.45) is 0.702. The highest BCUT2D eigenvalue weighted by Gasteiger charge is 2.33. The smallest absolute Gasteiger partial charge is 0.271 e. The number of nitrogens with one attached hydrogen (secondary N) is 1. The summed E-state index contributed by atoms with van der Waals surface area (Å²) in [6, 6.07) is 18.9. The summed E-state index contributed by atoms with van der Waals surface area (Å²) in [4.78, 5) is 38.7. The molecule has 0 aliphatic rings. The number of rotatable bonds is 12. The molecule has 3 aromatic carbocycles. The molecule has 3 aromatic rings. The Labute approximate surface area is 236 Å². The van der Waals surface area contributed by atoms with Gasteiger partial charge in [0.05, 0.1) is 15.5 Å². The zero-order chi connectivity index (χ0) is 28.6. The number of non-ortho nitro benzene ring substituents is 1. The van der Waals surface area contributed by atoms with Crippen LogP contribution in [0.1, 0.15) is 25.8 Å². The number of carbonyl (C=O) groups excluding carboxylic acids is 2. The normalized spacial score (nSPS) is 11.9. The van der Waals surface area contributed by atoms with Crippen LogP contribution in [-0.4, -0.2) is 49.2 Å². The van der Waals surface area contributed by atoms with Crippen molar-refractivity contribution in [1.29, 1.82) is 0 Å². The van der Waals surface area contributed by atoms with Crippen LogP contribution in [0.5, 0.6) is 0 Å². The van der Waals surface area contributed by atoms with Gasteiger partial charge >= 0.3 is 0 Å². The maximum Gasteiger partial charge on any atom is 0.271 e. The van der Waals surface area contributed by atoms with Gasteiger partial charge in [-0.15, -0.1) is 0 Å². The first-order valence-corrected chi connectivity index (χ1v) is 14.4. The van der Waals surface area contributed by atoms with E-state index in [4.69, 9.17) is 0 Å². The number of benzene rings is 3. The van der Waals surface area contributed by atoms with Gasteiger partial charge in [-0.25, -0.2) is 8.42 Å². The van der Waals surface area contributed by atoms with Crippen molar-refractivity contribution in [1.82, 2.24) is 10.2 Å². The van der Waals surface area contributed by atoms with Gasteiger partial charge in [0.1, 0.15) is 12.6 Å². The average molecular weight is 618 g/mol. The fourth-order valence-corrected chi connectivity index (χ4v) is 5.69. The molecule has 0 aliphatic carbocycles. The number of halogens is 1. The summed E-state index contributed by atoms with van der Waals surface area (Å²) in [7, 11) is -4.31. The predicted octanol–water partition coefficient (Wildman–Crippen LogP) is 4.50. The maximum atomic E-state index is 13.8. The van der Waals surface area contributed by atoms with Gasteiger partial charge in [-0.1, -0.05) is 59.3 Å². The molecule has 0 spiro atoms. The Kier molecular flexibility index (Phi) is 10.2. The third-order valence-electron chi connectivity index (χ3n) is 5.90. The minimum Gasteiger partial charge on any atom is -0.354 e. The van der Waals surface area contributed by atoms with Gasteiger partial charge in [0.25, 0.3) is 15.7 Å². The first-order valence-electron chi connectivity index (χ1n) is 12.2. The number of nitrogens with zero attached hydrogens (tertiary/aromatic N) is 3. The number of nitro groups is 1. The first-order chi connectivity index (χ1) is 18.5. The molecule has 1 atom stereocenters. The van der Waals surface area contributed by atoms with Crippen LogP contribution in [0.15, 0.2) is 88.2 Å². The molecular formula is C27H29BrN4O6S. The SMILES string of the molecule is CCCNC(=O)C(C)N(Cc1cccc(Br)c1)C(=O)CN(c1cccc([N+](=O)[O-])c1)S(=O)(=O)c1ccccc1. The summed E-state index contributed by atoms with van der Waals surface area (Å²) in [5, 5.41) is 14.2. The molecular weight excluding hydrogens is 588 g/mol. The fourth-order valence-electron chi connectivity index (χ4n) is 3.82. The molecule has 0 heterocycles. The van der Waals surface area contributed by atoms with Crippen molar-refractivity contribution in [3.05, 3.63) is 99.0 Å². The van der Waals surface area contributed by atoms with E-state index in [0.717, 1.165) is 20.4 Å². The molecule has 12 heteroatoms. The molecule has 1 N–H and O–H groups in total. The molecule has 2 amide bonds. The predicted molar refractivity (Wildman–Crippen MR) is 152 cm³/mol. The van der Waals surface area contributed by atoms with E-state index < -0.39 is 33.4 Å². The average Bonchev–Trinajstić information content (AvgIpc) is 2.93. The molecule has 10 nitrogen and oxygen atoms in total. The third-order valence-corrected chi connectivity index (χ3v) is 8.18. The first kappa shape index (κ1) is 29.8. The van der Waals surface area contributed by atoms with Gasteiger partial charge in [0, 0.05) is 29.7 Å². The summed E-state index contributed by atoms with van der Waals surface area (Å²) >= 11 is 3.41. The monoisotopic (exact) mass is 616 g/mol. The van der Waals surface area contributed by atoms with Gasteiger partial charge in [-0.2, -0.15) is 0 Å². The Morgan fingerprint density at radius 1 is 1.03 bits per heavy atom. The van der Waals surface area contributed by atoms with Crippen molar-refractivity contribution in [2.45, 2.75) is 37.8 Å². The second-order valence-corrected chi connectivity index (χ2v) is 11.5. The van der Waals surface area contributed by atoms with Crippen LogP contribution in [0.2, 0.25) is 0 Å². The van der Waals surface area contributed by atoms with Crippen LogP contribution in [0.4, 0.5) is 11.4 Å². The summed E-state index contributed by atoms with van der Waals surface area (Å²) in [6.45, 7) is 3.25. The van der Waals surface area contributed by atoms with E-state index in [1.54, 1.807) is 43.3 Å².